The van der Waals surface area contributed by atoms with Crippen LogP contribution in [-0.2, 0) is 6.54 Å². The van der Waals surface area contributed by atoms with E-state index < -0.39 is 0 Å². The number of nitrogens with zero attached hydrogens (tertiary/aromatic N) is 1. The molecule has 0 amide bonds. The van der Waals surface area contributed by atoms with Gasteiger partial charge in [-0.15, -0.1) is 5.92 Å². The summed E-state index contributed by atoms with van der Waals surface area (Å²) >= 11 is 0. The van der Waals surface area contributed by atoms with E-state index in [1.165, 1.54) is 32.8 Å². The van der Waals surface area contributed by atoms with Crippen LogP contribution in [0.2, 0.25) is 0 Å². The molecule has 1 aliphatic heterocycles. The molecular weight excluding hydrogens is 327 g/mol. The number of anilines is 2. The summed E-state index contributed by atoms with van der Waals surface area (Å²) in [6, 6.07) is 28.1. The first-order valence-electron chi connectivity index (χ1n) is 9.28. The van der Waals surface area contributed by atoms with Gasteiger partial charge in [-0.3, -0.25) is 0 Å². The van der Waals surface area contributed by atoms with E-state index in [0.29, 0.717) is 0 Å². The van der Waals surface area contributed by atoms with Gasteiger partial charge in [0.1, 0.15) is 0 Å². The first kappa shape index (κ1) is 15.8. The van der Waals surface area contributed by atoms with Gasteiger partial charge in [-0.1, -0.05) is 66.5 Å². The lowest BCUT2D eigenvalue weighted by Crippen LogP contribution is -2.47. The van der Waals surface area contributed by atoms with Crippen molar-refractivity contribution in [1.29, 1.82) is 0 Å². The van der Waals surface area contributed by atoms with Crippen LogP contribution in [0.5, 0.6) is 0 Å². The monoisotopic (exact) mass is 346 g/mol. The second-order valence-electron chi connectivity index (χ2n) is 6.93. The van der Waals surface area contributed by atoms with Gasteiger partial charge in [0.15, 0.2) is 0 Å². The van der Waals surface area contributed by atoms with Gasteiger partial charge in [0, 0.05) is 23.3 Å². The van der Waals surface area contributed by atoms with Gasteiger partial charge in [0.25, 0.3) is 0 Å². The Bertz CT molecular complexity index is 1210. The van der Waals surface area contributed by atoms with E-state index in [9.17, 15) is 0 Å². The summed E-state index contributed by atoms with van der Waals surface area (Å²) in [6.07, 6.45) is 0. The van der Waals surface area contributed by atoms with Crippen molar-refractivity contribution < 1.29 is 0 Å². The lowest BCUT2D eigenvalue weighted by atomic mass is 9.71. The number of hydrogen-bond acceptors (Lipinski definition) is 2. The SMILES string of the molecule is CC#CB1Nc2cccc3cccc(c23)N1Cc1ccc2ccccc2c1. The van der Waals surface area contributed by atoms with E-state index >= 15 is 0 Å². The Morgan fingerprint density at radius 2 is 1.63 bits per heavy atom. The molecule has 2 nitrogen and oxygen atoms in total. The van der Waals surface area contributed by atoms with Gasteiger partial charge in [-0.2, -0.15) is 0 Å². The standard InChI is InChI=1S/C24H19BN2/c1-2-15-25-26-22-11-5-9-20-10-6-12-23(24(20)22)27(25)17-18-13-14-19-7-3-4-8-21(19)16-18/h3-14,16,26H,17H2,1H3. The Balaban J connectivity index is 1.63. The van der Waals surface area contributed by atoms with Gasteiger partial charge < -0.3 is 10.0 Å². The van der Waals surface area contributed by atoms with Crippen LogP contribution < -0.4 is 10.0 Å². The summed E-state index contributed by atoms with van der Waals surface area (Å²) < 4.78 is 0. The van der Waals surface area contributed by atoms with E-state index in [1.807, 2.05) is 6.92 Å². The summed E-state index contributed by atoms with van der Waals surface area (Å²) in [6.45, 7) is 2.67. The fourth-order valence-corrected chi connectivity index (χ4v) is 4.01. The molecule has 5 rings (SSSR count). The highest BCUT2D eigenvalue weighted by Gasteiger charge is 2.30. The number of fused-ring (bicyclic) bond motifs is 1. The number of hydrogen-bond donors (Lipinski definition) is 1. The Labute approximate surface area is 159 Å². The molecule has 4 aromatic carbocycles. The molecule has 0 aliphatic carbocycles. The molecule has 0 bridgehead atoms. The van der Waals surface area contributed by atoms with Crippen molar-refractivity contribution in [3.63, 3.8) is 0 Å². The Kier molecular flexibility index (Phi) is 3.76. The van der Waals surface area contributed by atoms with Crippen LogP contribution in [0.15, 0.2) is 78.9 Å². The second kappa shape index (κ2) is 6.41. The highest BCUT2D eigenvalue weighted by Crippen LogP contribution is 2.38. The van der Waals surface area contributed by atoms with E-state index in [0.717, 1.165) is 12.2 Å². The maximum absolute atomic E-state index is 3.62. The average Bonchev–Trinajstić information content (AvgIpc) is 2.71. The fourth-order valence-electron chi connectivity index (χ4n) is 4.01. The molecule has 4 aromatic rings. The minimum absolute atomic E-state index is 0.0398. The minimum Gasteiger partial charge on any atom is -0.398 e. The van der Waals surface area contributed by atoms with Gasteiger partial charge in [0.05, 0.1) is 0 Å². The molecule has 0 atom stereocenters. The second-order valence-corrected chi connectivity index (χ2v) is 6.93. The number of rotatable bonds is 2. The lowest BCUT2D eigenvalue weighted by Gasteiger charge is -2.35. The van der Waals surface area contributed by atoms with Crippen LogP contribution in [-0.4, -0.2) is 6.98 Å². The van der Waals surface area contributed by atoms with Gasteiger partial charge in [0.2, 0.25) is 0 Å². The van der Waals surface area contributed by atoms with Crippen molar-refractivity contribution in [3.8, 4) is 11.7 Å². The first-order valence-corrected chi connectivity index (χ1v) is 9.28. The zero-order valence-electron chi connectivity index (χ0n) is 15.2. The van der Waals surface area contributed by atoms with Crippen molar-refractivity contribution in [1.82, 2.24) is 0 Å². The Morgan fingerprint density at radius 1 is 0.852 bits per heavy atom. The van der Waals surface area contributed by atoms with Crippen molar-refractivity contribution in [3.05, 3.63) is 84.4 Å². The zero-order chi connectivity index (χ0) is 18.2. The van der Waals surface area contributed by atoms with Crippen LogP contribution >= 0.6 is 0 Å². The van der Waals surface area contributed by atoms with E-state index in [2.05, 4.69) is 101 Å². The van der Waals surface area contributed by atoms with Crippen molar-refractivity contribution in [2.24, 2.45) is 0 Å². The largest absolute Gasteiger partial charge is 0.463 e. The average molecular weight is 346 g/mol. The maximum atomic E-state index is 3.62. The smallest absolute Gasteiger partial charge is 0.398 e. The molecule has 1 aliphatic rings. The number of benzene rings is 4. The molecule has 27 heavy (non-hydrogen) atoms. The van der Waals surface area contributed by atoms with E-state index in [1.54, 1.807) is 0 Å². The van der Waals surface area contributed by atoms with Crippen LogP contribution in [0.3, 0.4) is 0 Å². The molecule has 0 radical (unpaired) electrons. The highest BCUT2D eigenvalue weighted by molar-refractivity contribution is 6.75. The summed E-state index contributed by atoms with van der Waals surface area (Å²) in [5.41, 5.74) is 3.68. The van der Waals surface area contributed by atoms with Gasteiger partial charge >= 0.3 is 6.98 Å². The molecule has 0 aromatic heterocycles. The molecule has 0 saturated carbocycles. The molecule has 1 heterocycles. The Hall–Kier alpha value is -3.38. The molecule has 3 heteroatoms. The van der Waals surface area contributed by atoms with Crippen LogP contribution in [0.4, 0.5) is 11.4 Å². The Morgan fingerprint density at radius 3 is 2.48 bits per heavy atom. The summed E-state index contributed by atoms with van der Waals surface area (Å²) in [5, 5.41) is 8.70. The molecule has 1 N–H and O–H groups in total. The topological polar surface area (TPSA) is 15.3 Å². The van der Waals surface area contributed by atoms with Gasteiger partial charge in [-0.25, -0.2) is 0 Å². The minimum atomic E-state index is -0.0398. The van der Waals surface area contributed by atoms with E-state index in [4.69, 9.17) is 0 Å². The van der Waals surface area contributed by atoms with Crippen molar-refractivity contribution >= 4 is 39.9 Å². The third kappa shape index (κ3) is 2.71. The molecule has 0 unspecified atom stereocenters. The van der Waals surface area contributed by atoms with Gasteiger partial charge in [-0.05, 0) is 46.8 Å². The predicted octanol–water partition coefficient (Wildman–Crippen LogP) is 5.48. The molecular formula is C24H19BN2. The highest BCUT2D eigenvalue weighted by atomic mass is 15.2. The lowest BCUT2D eigenvalue weighted by molar-refractivity contribution is 1.03. The van der Waals surface area contributed by atoms with Crippen molar-refractivity contribution in [2.45, 2.75) is 13.5 Å². The number of nitrogens with one attached hydrogen (secondary N) is 1. The quantitative estimate of drug-likeness (QED) is 0.382. The molecule has 0 spiro atoms. The summed E-state index contributed by atoms with van der Waals surface area (Å²) in [5.74, 6) is 6.43. The first-order chi connectivity index (χ1) is 13.3. The van der Waals surface area contributed by atoms with E-state index in [-0.39, 0.29) is 6.98 Å². The van der Waals surface area contributed by atoms with Crippen molar-refractivity contribution in [2.75, 3.05) is 10.0 Å². The third-order valence-electron chi connectivity index (χ3n) is 5.24. The normalized spacial score (nSPS) is 12.6. The van der Waals surface area contributed by atoms with Crippen LogP contribution in [0, 0.1) is 11.7 Å². The summed E-state index contributed by atoms with van der Waals surface area (Å²) in [7, 11) is 0. The molecule has 128 valence electrons. The van der Waals surface area contributed by atoms with Crippen LogP contribution in [0.25, 0.3) is 21.5 Å². The van der Waals surface area contributed by atoms with Crippen LogP contribution in [0.1, 0.15) is 12.5 Å². The molecule has 0 fully saturated rings. The molecule has 0 saturated heterocycles. The maximum Gasteiger partial charge on any atom is 0.463 e. The predicted molar refractivity (Wildman–Crippen MR) is 117 cm³/mol. The fraction of sp³-hybridized carbons (Fsp3) is 0.0833. The zero-order valence-corrected chi connectivity index (χ0v) is 15.2. The summed E-state index contributed by atoms with van der Waals surface area (Å²) in [4.78, 5) is 2.37. The third-order valence-corrected chi connectivity index (χ3v) is 5.24.